The van der Waals surface area contributed by atoms with Gasteiger partial charge in [0.05, 0.1) is 6.54 Å². The van der Waals surface area contributed by atoms with Crippen molar-refractivity contribution < 1.29 is 9.59 Å². The number of carbonyl (C=O) groups is 2. The summed E-state index contributed by atoms with van der Waals surface area (Å²) in [5.74, 6) is 0.430. The Morgan fingerprint density at radius 1 is 1.41 bits per heavy atom. The van der Waals surface area contributed by atoms with Gasteiger partial charge in [0.15, 0.2) is 5.96 Å². The van der Waals surface area contributed by atoms with Crippen molar-refractivity contribution in [1.29, 1.82) is 0 Å². The third-order valence-corrected chi connectivity index (χ3v) is 3.14. The maximum Gasteiger partial charge on any atom is 0.324 e. The summed E-state index contributed by atoms with van der Waals surface area (Å²) >= 11 is 0. The molecule has 1 fully saturated rings. The van der Waals surface area contributed by atoms with Crippen molar-refractivity contribution in [2.45, 2.75) is 6.54 Å². The van der Waals surface area contributed by atoms with E-state index < -0.39 is 0 Å². The molecule has 8 nitrogen and oxygen atoms in total. The highest BCUT2D eigenvalue weighted by molar-refractivity contribution is 14.0. The Hall–Kier alpha value is -1.78. The van der Waals surface area contributed by atoms with E-state index in [1.807, 2.05) is 30.1 Å². The van der Waals surface area contributed by atoms with Crippen LogP contribution in [0.15, 0.2) is 23.5 Å². The van der Waals surface area contributed by atoms with Crippen molar-refractivity contribution >= 4 is 41.9 Å². The zero-order chi connectivity index (χ0) is 15.2. The standard InChI is InChI=1S/C13H20N6O2.HI/c1-14-12(16-7-10-3-5-18(2)9-10)15-4-6-19-11(20)8-17-13(19)21;/h3,5,9H,4,6-8H2,1-2H3,(H,17,21)(H2,14,15,16);1H. The maximum absolute atomic E-state index is 11.4. The predicted molar refractivity (Wildman–Crippen MR) is 94.1 cm³/mol. The summed E-state index contributed by atoms with van der Waals surface area (Å²) in [5, 5.41) is 8.72. The van der Waals surface area contributed by atoms with E-state index >= 15 is 0 Å². The van der Waals surface area contributed by atoms with Crippen molar-refractivity contribution in [3.05, 3.63) is 24.0 Å². The average molecular weight is 420 g/mol. The molecule has 0 bridgehead atoms. The quantitative estimate of drug-likeness (QED) is 0.268. The predicted octanol–water partition coefficient (Wildman–Crippen LogP) is -0.140. The van der Waals surface area contributed by atoms with E-state index in [2.05, 4.69) is 20.9 Å². The molecule has 1 aromatic heterocycles. The first kappa shape index (κ1) is 18.3. The Bertz CT molecular complexity index is 540. The largest absolute Gasteiger partial charge is 0.357 e. The van der Waals surface area contributed by atoms with Gasteiger partial charge in [-0.15, -0.1) is 24.0 Å². The van der Waals surface area contributed by atoms with Gasteiger partial charge in [-0.3, -0.25) is 14.7 Å². The molecule has 9 heteroatoms. The fourth-order valence-corrected chi connectivity index (χ4v) is 2.04. The number of carbonyl (C=O) groups excluding carboxylic acids is 2. The van der Waals surface area contributed by atoms with Crippen LogP contribution in [0.5, 0.6) is 0 Å². The zero-order valence-electron chi connectivity index (χ0n) is 12.6. The Morgan fingerprint density at radius 3 is 2.73 bits per heavy atom. The number of nitrogens with zero attached hydrogens (tertiary/aromatic N) is 3. The number of hydrogen-bond acceptors (Lipinski definition) is 3. The lowest BCUT2D eigenvalue weighted by Gasteiger charge is -2.15. The third kappa shape index (κ3) is 4.90. The number of aryl methyl sites for hydroxylation is 1. The molecule has 3 N–H and O–H groups in total. The molecule has 2 heterocycles. The molecule has 1 aliphatic heterocycles. The summed E-state index contributed by atoms with van der Waals surface area (Å²) in [4.78, 5) is 28.1. The fourth-order valence-electron chi connectivity index (χ4n) is 2.04. The fraction of sp³-hybridized carbons (Fsp3) is 0.462. The van der Waals surface area contributed by atoms with Crippen LogP contribution in [-0.2, 0) is 18.4 Å². The van der Waals surface area contributed by atoms with Gasteiger partial charge in [0, 0.05) is 46.1 Å². The van der Waals surface area contributed by atoms with Crippen molar-refractivity contribution in [2.24, 2.45) is 12.0 Å². The Kier molecular flexibility index (Phi) is 7.15. The molecular weight excluding hydrogens is 399 g/mol. The Morgan fingerprint density at radius 2 is 2.18 bits per heavy atom. The summed E-state index contributed by atoms with van der Waals surface area (Å²) in [6, 6.07) is 1.68. The van der Waals surface area contributed by atoms with E-state index in [1.54, 1.807) is 7.05 Å². The van der Waals surface area contributed by atoms with Crippen LogP contribution in [0.1, 0.15) is 5.56 Å². The van der Waals surface area contributed by atoms with Crippen LogP contribution in [-0.4, -0.2) is 54.0 Å². The zero-order valence-corrected chi connectivity index (χ0v) is 15.0. The minimum Gasteiger partial charge on any atom is -0.357 e. The van der Waals surface area contributed by atoms with Crippen molar-refractivity contribution in [1.82, 2.24) is 25.4 Å². The first-order valence-corrected chi connectivity index (χ1v) is 6.73. The molecule has 0 unspecified atom stereocenters. The number of nitrogens with one attached hydrogen (secondary N) is 3. The van der Waals surface area contributed by atoms with Gasteiger partial charge in [0.25, 0.3) is 0 Å². The van der Waals surface area contributed by atoms with Crippen LogP contribution >= 0.6 is 24.0 Å². The molecule has 3 amide bonds. The van der Waals surface area contributed by atoms with Crippen LogP contribution in [0.3, 0.4) is 0 Å². The molecule has 1 saturated heterocycles. The van der Waals surface area contributed by atoms with Crippen molar-refractivity contribution in [2.75, 3.05) is 26.7 Å². The van der Waals surface area contributed by atoms with Crippen molar-refractivity contribution in [3.8, 4) is 0 Å². The summed E-state index contributed by atoms with van der Waals surface area (Å²) in [7, 11) is 3.64. The normalized spacial score (nSPS) is 14.6. The van der Waals surface area contributed by atoms with Gasteiger partial charge in [-0.25, -0.2) is 4.79 Å². The first-order chi connectivity index (χ1) is 10.1. The summed E-state index contributed by atoms with van der Waals surface area (Å²) in [6.07, 6.45) is 4.00. The lowest BCUT2D eigenvalue weighted by Crippen LogP contribution is -2.42. The van der Waals surface area contributed by atoms with E-state index in [0.29, 0.717) is 25.6 Å². The van der Waals surface area contributed by atoms with Crippen molar-refractivity contribution in [3.63, 3.8) is 0 Å². The monoisotopic (exact) mass is 420 g/mol. The summed E-state index contributed by atoms with van der Waals surface area (Å²) in [5.41, 5.74) is 1.15. The molecule has 122 valence electrons. The molecule has 0 spiro atoms. The molecule has 0 aromatic carbocycles. The average Bonchev–Trinajstić information content (AvgIpc) is 3.02. The highest BCUT2D eigenvalue weighted by Crippen LogP contribution is 1.99. The SMILES string of the molecule is CN=C(NCCN1C(=O)CNC1=O)NCc1ccn(C)c1.I. The molecule has 0 saturated carbocycles. The number of halogens is 1. The van der Waals surface area contributed by atoms with Gasteiger partial charge in [0.2, 0.25) is 5.91 Å². The minimum atomic E-state index is -0.339. The van der Waals surface area contributed by atoms with Crippen LogP contribution in [0.2, 0.25) is 0 Å². The second kappa shape index (κ2) is 8.61. The molecule has 22 heavy (non-hydrogen) atoms. The van der Waals surface area contributed by atoms with E-state index in [9.17, 15) is 9.59 Å². The highest BCUT2D eigenvalue weighted by atomic mass is 127. The summed E-state index contributed by atoms with van der Waals surface area (Å²) in [6.45, 7) is 1.51. The number of aliphatic imine (C=N–C) groups is 1. The molecular formula is C13H21IN6O2. The number of hydrogen-bond donors (Lipinski definition) is 3. The summed E-state index contributed by atoms with van der Waals surface area (Å²) < 4.78 is 1.98. The number of urea groups is 1. The van der Waals surface area contributed by atoms with Gasteiger partial charge in [-0.1, -0.05) is 0 Å². The smallest absolute Gasteiger partial charge is 0.324 e. The van der Waals surface area contributed by atoms with Gasteiger partial charge in [0.1, 0.15) is 0 Å². The Balaban J connectivity index is 0.00000242. The van der Waals surface area contributed by atoms with Crippen LogP contribution in [0.4, 0.5) is 4.79 Å². The van der Waals surface area contributed by atoms with E-state index in [1.165, 1.54) is 4.90 Å². The number of amides is 3. The first-order valence-electron chi connectivity index (χ1n) is 6.73. The number of imide groups is 1. The number of aromatic nitrogens is 1. The van der Waals surface area contributed by atoms with E-state index in [-0.39, 0.29) is 42.5 Å². The topological polar surface area (TPSA) is 90.8 Å². The van der Waals surface area contributed by atoms with Crippen LogP contribution < -0.4 is 16.0 Å². The van der Waals surface area contributed by atoms with Gasteiger partial charge in [-0.05, 0) is 11.6 Å². The molecule has 2 rings (SSSR count). The maximum atomic E-state index is 11.4. The second-order valence-electron chi connectivity index (χ2n) is 4.74. The van der Waals surface area contributed by atoms with Gasteiger partial charge in [-0.2, -0.15) is 0 Å². The number of guanidine groups is 1. The van der Waals surface area contributed by atoms with E-state index in [0.717, 1.165) is 5.56 Å². The van der Waals surface area contributed by atoms with Gasteiger partial charge >= 0.3 is 6.03 Å². The molecule has 1 aliphatic rings. The minimum absolute atomic E-state index is 0. The van der Waals surface area contributed by atoms with Gasteiger partial charge < -0.3 is 20.5 Å². The lowest BCUT2D eigenvalue weighted by molar-refractivity contribution is -0.124. The van der Waals surface area contributed by atoms with E-state index in [4.69, 9.17) is 0 Å². The molecule has 0 radical (unpaired) electrons. The lowest BCUT2D eigenvalue weighted by atomic mass is 10.3. The molecule has 1 aromatic rings. The second-order valence-corrected chi connectivity index (χ2v) is 4.74. The van der Waals surface area contributed by atoms with Crippen LogP contribution in [0, 0.1) is 0 Å². The molecule has 0 aliphatic carbocycles. The Labute approximate surface area is 146 Å². The number of rotatable bonds is 5. The van der Waals surface area contributed by atoms with Crippen LogP contribution in [0.25, 0.3) is 0 Å². The highest BCUT2D eigenvalue weighted by Gasteiger charge is 2.27. The third-order valence-electron chi connectivity index (χ3n) is 3.14. The molecule has 0 atom stereocenters.